The Kier molecular flexibility index (Phi) is 6.21. The molecule has 0 aliphatic heterocycles. The number of ether oxygens (including phenoxy) is 2. The third kappa shape index (κ3) is 3.97. The van der Waals surface area contributed by atoms with Crippen molar-refractivity contribution in [2.75, 3.05) is 13.7 Å². The number of methoxy groups -OCH3 is 1. The molecule has 1 aromatic heterocycles. The second kappa shape index (κ2) is 9.07. The summed E-state index contributed by atoms with van der Waals surface area (Å²) in [5, 5.41) is 0.878. The normalized spacial score (nSPS) is 15.8. The molecule has 2 aromatic carbocycles. The molecule has 6 nitrogen and oxygen atoms in total. The first-order valence-corrected chi connectivity index (χ1v) is 11.1. The van der Waals surface area contributed by atoms with E-state index >= 15 is 0 Å². The van der Waals surface area contributed by atoms with Crippen LogP contribution in [0.1, 0.15) is 53.1 Å². The van der Waals surface area contributed by atoms with Crippen molar-refractivity contribution in [3.8, 4) is 5.75 Å². The van der Waals surface area contributed by atoms with Crippen LogP contribution in [0.15, 0.2) is 36.4 Å². The molecule has 0 fully saturated rings. The SMILES string of the molecule is COC(=O)COc1cccc2c1c1c(n2Cc2c(C)cccc2C)CCCCC1C(N)=O. The molecule has 168 valence electrons. The standard InChI is InChI=1S/C26H30N2O4/c1-16-8-6-9-17(2)19(16)14-28-20-11-5-4-10-18(26(27)30)24(20)25-21(28)12-7-13-22(25)32-15-23(29)31-3/h6-9,12-13,18H,4-5,10-11,14-15H2,1-3H3,(H2,27,30). The molecule has 32 heavy (non-hydrogen) atoms. The van der Waals surface area contributed by atoms with E-state index < -0.39 is 5.97 Å². The van der Waals surface area contributed by atoms with Gasteiger partial charge in [-0.25, -0.2) is 4.79 Å². The highest BCUT2D eigenvalue weighted by atomic mass is 16.6. The van der Waals surface area contributed by atoms with Gasteiger partial charge in [0.15, 0.2) is 6.61 Å². The quantitative estimate of drug-likeness (QED) is 0.467. The van der Waals surface area contributed by atoms with Crippen LogP contribution in [0.3, 0.4) is 0 Å². The fourth-order valence-corrected chi connectivity index (χ4v) is 4.92. The van der Waals surface area contributed by atoms with E-state index in [-0.39, 0.29) is 18.4 Å². The molecule has 1 atom stereocenters. The summed E-state index contributed by atoms with van der Waals surface area (Å²) >= 11 is 0. The van der Waals surface area contributed by atoms with Crippen LogP contribution in [0.5, 0.6) is 5.75 Å². The number of aromatic nitrogens is 1. The second-order valence-electron chi connectivity index (χ2n) is 8.53. The van der Waals surface area contributed by atoms with Crippen molar-refractivity contribution in [1.29, 1.82) is 0 Å². The average Bonchev–Trinajstić information content (AvgIpc) is 2.92. The highest BCUT2D eigenvalue weighted by Gasteiger charge is 2.31. The van der Waals surface area contributed by atoms with Crippen LogP contribution in [0.4, 0.5) is 0 Å². The molecular formula is C26H30N2O4. The van der Waals surface area contributed by atoms with E-state index in [4.69, 9.17) is 15.2 Å². The lowest BCUT2D eigenvalue weighted by Crippen LogP contribution is -2.22. The van der Waals surface area contributed by atoms with E-state index in [1.165, 1.54) is 23.8 Å². The van der Waals surface area contributed by atoms with Crippen LogP contribution >= 0.6 is 0 Å². The van der Waals surface area contributed by atoms with Crippen LogP contribution in [0.2, 0.25) is 0 Å². The maximum Gasteiger partial charge on any atom is 0.343 e. The van der Waals surface area contributed by atoms with Gasteiger partial charge in [-0.2, -0.15) is 0 Å². The van der Waals surface area contributed by atoms with Gasteiger partial charge in [-0.3, -0.25) is 4.79 Å². The summed E-state index contributed by atoms with van der Waals surface area (Å²) in [6.45, 7) is 4.78. The lowest BCUT2D eigenvalue weighted by atomic mass is 9.92. The Labute approximate surface area is 188 Å². The molecule has 0 bridgehead atoms. The number of carbonyl (C=O) groups is 2. The van der Waals surface area contributed by atoms with Crippen LogP contribution in [0.25, 0.3) is 10.9 Å². The number of benzene rings is 2. The molecule has 1 aliphatic rings. The first-order valence-electron chi connectivity index (χ1n) is 11.1. The molecule has 1 heterocycles. The Morgan fingerprint density at radius 2 is 1.81 bits per heavy atom. The minimum Gasteiger partial charge on any atom is -0.481 e. The van der Waals surface area contributed by atoms with Crippen molar-refractivity contribution in [3.05, 3.63) is 64.3 Å². The minimum absolute atomic E-state index is 0.187. The van der Waals surface area contributed by atoms with Crippen molar-refractivity contribution in [2.45, 2.75) is 52.0 Å². The summed E-state index contributed by atoms with van der Waals surface area (Å²) in [5.74, 6) is -0.564. The Morgan fingerprint density at radius 1 is 1.09 bits per heavy atom. The van der Waals surface area contributed by atoms with Crippen molar-refractivity contribution in [3.63, 3.8) is 0 Å². The molecule has 1 unspecified atom stereocenters. The van der Waals surface area contributed by atoms with Crippen molar-refractivity contribution >= 4 is 22.8 Å². The molecule has 3 aromatic rings. The largest absolute Gasteiger partial charge is 0.481 e. The van der Waals surface area contributed by atoms with E-state index in [0.717, 1.165) is 47.8 Å². The Hall–Kier alpha value is -3.28. The molecule has 2 N–H and O–H groups in total. The number of nitrogens with zero attached hydrogens (tertiary/aromatic N) is 1. The third-order valence-corrected chi connectivity index (χ3v) is 6.58. The van der Waals surface area contributed by atoms with Gasteiger partial charge in [0, 0.05) is 17.6 Å². The Morgan fingerprint density at radius 3 is 2.50 bits per heavy atom. The minimum atomic E-state index is -0.450. The topological polar surface area (TPSA) is 83.6 Å². The molecule has 0 radical (unpaired) electrons. The lowest BCUT2D eigenvalue weighted by Gasteiger charge is -2.16. The summed E-state index contributed by atoms with van der Waals surface area (Å²) < 4.78 is 12.9. The summed E-state index contributed by atoms with van der Waals surface area (Å²) in [4.78, 5) is 24.2. The van der Waals surface area contributed by atoms with Crippen molar-refractivity contribution < 1.29 is 19.1 Å². The van der Waals surface area contributed by atoms with Gasteiger partial charge >= 0.3 is 5.97 Å². The van der Waals surface area contributed by atoms with Crippen LogP contribution in [-0.2, 0) is 27.3 Å². The average molecular weight is 435 g/mol. The van der Waals surface area contributed by atoms with Gasteiger partial charge in [-0.05, 0) is 67.5 Å². The molecule has 0 saturated heterocycles. The molecule has 0 saturated carbocycles. The zero-order valence-corrected chi connectivity index (χ0v) is 18.9. The number of aryl methyl sites for hydroxylation is 2. The number of nitrogens with two attached hydrogens (primary N) is 1. The first-order chi connectivity index (χ1) is 15.4. The van der Waals surface area contributed by atoms with Gasteiger partial charge < -0.3 is 19.8 Å². The summed E-state index contributed by atoms with van der Waals surface area (Å²) in [5.41, 5.74) is 12.7. The Balaban J connectivity index is 1.95. The summed E-state index contributed by atoms with van der Waals surface area (Å²) in [6.07, 6.45) is 3.53. The summed E-state index contributed by atoms with van der Waals surface area (Å²) in [6, 6.07) is 12.2. The van der Waals surface area contributed by atoms with Crippen LogP contribution in [-0.4, -0.2) is 30.2 Å². The number of fused-ring (bicyclic) bond motifs is 3. The van der Waals surface area contributed by atoms with Crippen LogP contribution in [0, 0.1) is 13.8 Å². The maximum atomic E-state index is 12.5. The lowest BCUT2D eigenvalue weighted by molar-refractivity contribution is -0.142. The third-order valence-electron chi connectivity index (χ3n) is 6.58. The zero-order chi connectivity index (χ0) is 22.8. The molecule has 0 spiro atoms. The van der Waals surface area contributed by atoms with Gasteiger partial charge in [0.25, 0.3) is 0 Å². The smallest absolute Gasteiger partial charge is 0.343 e. The number of primary amides is 1. The highest BCUT2D eigenvalue weighted by molar-refractivity contribution is 5.97. The predicted molar refractivity (Wildman–Crippen MR) is 124 cm³/mol. The molecule has 1 aliphatic carbocycles. The second-order valence-corrected chi connectivity index (χ2v) is 8.53. The number of amides is 1. The number of hydrogen-bond donors (Lipinski definition) is 1. The van der Waals surface area contributed by atoms with Crippen LogP contribution < -0.4 is 10.5 Å². The zero-order valence-electron chi connectivity index (χ0n) is 18.9. The van der Waals surface area contributed by atoms with Gasteiger partial charge in [-0.1, -0.05) is 30.7 Å². The molecular weight excluding hydrogens is 404 g/mol. The number of rotatable bonds is 6. The van der Waals surface area contributed by atoms with E-state index in [1.807, 2.05) is 12.1 Å². The maximum absolute atomic E-state index is 12.5. The van der Waals surface area contributed by atoms with Gasteiger partial charge in [-0.15, -0.1) is 0 Å². The summed E-state index contributed by atoms with van der Waals surface area (Å²) in [7, 11) is 1.34. The number of carbonyl (C=O) groups excluding carboxylic acids is 2. The van der Waals surface area contributed by atoms with Gasteiger partial charge in [0.05, 0.1) is 18.5 Å². The fourth-order valence-electron chi connectivity index (χ4n) is 4.92. The first kappa shape index (κ1) is 21.9. The van der Waals surface area contributed by atoms with E-state index in [9.17, 15) is 9.59 Å². The van der Waals surface area contributed by atoms with Gasteiger partial charge in [0.2, 0.25) is 5.91 Å². The van der Waals surface area contributed by atoms with Crippen molar-refractivity contribution in [1.82, 2.24) is 4.57 Å². The monoisotopic (exact) mass is 434 g/mol. The molecule has 4 rings (SSSR count). The van der Waals surface area contributed by atoms with Crippen molar-refractivity contribution in [2.24, 2.45) is 5.73 Å². The van der Waals surface area contributed by atoms with E-state index in [0.29, 0.717) is 12.3 Å². The predicted octanol–water partition coefficient (Wildman–Crippen LogP) is 4.15. The fraction of sp³-hybridized carbons (Fsp3) is 0.385. The Bertz CT molecular complexity index is 1160. The number of hydrogen-bond acceptors (Lipinski definition) is 4. The van der Waals surface area contributed by atoms with Gasteiger partial charge in [0.1, 0.15) is 5.75 Å². The molecule has 6 heteroatoms. The van der Waals surface area contributed by atoms with E-state index in [2.05, 4.69) is 42.7 Å². The van der Waals surface area contributed by atoms with E-state index in [1.54, 1.807) is 0 Å². The number of esters is 1. The molecule has 1 amide bonds. The highest BCUT2D eigenvalue weighted by Crippen LogP contribution is 2.42.